The number of nitrogens with zero attached hydrogens (tertiary/aromatic N) is 1. The molecule has 1 saturated carbocycles. The molecule has 0 radical (unpaired) electrons. The maximum Gasteiger partial charge on any atom is 0.252 e. The summed E-state index contributed by atoms with van der Waals surface area (Å²) in [6, 6.07) is 11.3. The van der Waals surface area contributed by atoms with E-state index in [2.05, 4.69) is 5.32 Å². The molecule has 168 valence electrons. The molecule has 1 aliphatic carbocycles. The van der Waals surface area contributed by atoms with Gasteiger partial charge in [-0.2, -0.15) is 4.31 Å². The van der Waals surface area contributed by atoms with Crippen LogP contribution in [0.3, 0.4) is 0 Å². The van der Waals surface area contributed by atoms with E-state index in [1.165, 1.54) is 11.3 Å². The number of thiophene rings is 1. The molecule has 0 bridgehead atoms. The molecular formula is C23H30N2O4S2. The summed E-state index contributed by atoms with van der Waals surface area (Å²) >= 11 is 1.21. The van der Waals surface area contributed by atoms with Crippen LogP contribution in [-0.4, -0.2) is 38.8 Å². The third-order valence-electron chi connectivity index (χ3n) is 6.36. The molecule has 6 nitrogen and oxygen atoms in total. The SMILES string of the molecule is COc1ccc(C2(NC(=O)Cc3ccc(S(=O)(=O)N4CCCCC4)s3)CCCC2)cc1. The van der Waals surface area contributed by atoms with E-state index >= 15 is 0 Å². The maximum absolute atomic E-state index is 12.9. The van der Waals surface area contributed by atoms with Crippen molar-refractivity contribution in [3.63, 3.8) is 0 Å². The van der Waals surface area contributed by atoms with Crippen molar-refractivity contribution in [2.45, 2.75) is 61.1 Å². The Morgan fingerprint density at radius 1 is 1.03 bits per heavy atom. The molecule has 31 heavy (non-hydrogen) atoms. The summed E-state index contributed by atoms with van der Waals surface area (Å²) in [6.07, 6.45) is 7.05. The van der Waals surface area contributed by atoms with Crippen LogP contribution >= 0.6 is 11.3 Å². The Morgan fingerprint density at radius 3 is 2.35 bits per heavy atom. The largest absolute Gasteiger partial charge is 0.497 e. The van der Waals surface area contributed by atoms with Gasteiger partial charge in [-0.25, -0.2) is 8.42 Å². The van der Waals surface area contributed by atoms with E-state index in [0.717, 1.165) is 61.1 Å². The monoisotopic (exact) mass is 462 g/mol. The molecule has 1 amide bonds. The van der Waals surface area contributed by atoms with E-state index in [1.54, 1.807) is 23.5 Å². The highest BCUT2D eigenvalue weighted by atomic mass is 32.2. The van der Waals surface area contributed by atoms with Gasteiger partial charge in [0.25, 0.3) is 10.0 Å². The Kier molecular flexibility index (Phi) is 6.69. The lowest BCUT2D eigenvalue weighted by atomic mass is 9.88. The zero-order valence-electron chi connectivity index (χ0n) is 17.9. The molecule has 2 fully saturated rings. The van der Waals surface area contributed by atoms with Gasteiger partial charge in [0.15, 0.2) is 0 Å². The number of ether oxygens (including phenoxy) is 1. The van der Waals surface area contributed by atoms with Crippen LogP contribution in [0.2, 0.25) is 0 Å². The van der Waals surface area contributed by atoms with Crippen LogP contribution in [0.15, 0.2) is 40.6 Å². The molecule has 2 heterocycles. The highest BCUT2D eigenvalue weighted by Crippen LogP contribution is 2.39. The Hall–Kier alpha value is -1.90. The number of carbonyl (C=O) groups is 1. The minimum Gasteiger partial charge on any atom is -0.497 e. The van der Waals surface area contributed by atoms with Crippen LogP contribution < -0.4 is 10.1 Å². The third kappa shape index (κ3) is 4.81. The number of sulfonamides is 1. The summed E-state index contributed by atoms with van der Waals surface area (Å²) < 4.78 is 32.9. The molecule has 1 aromatic heterocycles. The lowest BCUT2D eigenvalue weighted by Crippen LogP contribution is -2.44. The molecule has 0 spiro atoms. The van der Waals surface area contributed by atoms with Gasteiger partial charge in [0.05, 0.1) is 19.1 Å². The summed E-state index contributed by atoms with van der Waals surface area (Å²) in [4.78, 5) is 13.7. The second kappa shape index (κ2) is 9.30. The Labute approximate surface area is 188 Å². The van der Waals surface area contributed by atoms with Crippen molar-refractivity contribution in [2.24, 2.45) is 0 Å². The van der Waals surface area contributed by atoms with E-state index in [9.17, 15) is 13.2 Å². The van der Waals surface area contributed by atoms with Crippen molar-refractivity contribution in [3.05, 3.63) is 46.8 Å². The van der Waals surface area contributed by atoms with Gasteiger partial charge < -0.3 is 10.1 Å². The first-order valence-electron chi connectivity index (χ1n) is 11.0. The fourth-order valence-corrected chi connectivity index (χ4v) is 7.69. The highest BCUT2D eigenvalue weighted by Gasteiger charge is 2.37. The molecule has 1 aliphatic heterocycles. The lowest BCUT2D eigenvalue weighted by molar-refractivity contribution is -0.122. The molecule has 2 aliphatic rings. The van der Waals surface area contributed by atoms with Gasteiger partial charge >= 0.3 is 0 Å². The number of piperidine rings is 1. The number of amides is 1. The molecule has 1 aromatic carbocycles. The smallest absolute Gasteiger partial charge is 0.252 e. The van der Waals surface area contributed by atoms with Crippen molar-refractivity contribution in [3.8, 4) is 5.75 Å². The van der Waals surface area contributed by atoms with Gasteiger partial charge in [0.1, 0.15) is 9.96 Å². The molecule has 0 unspecified atom stereocenters. The summed E-state index contributed by atoms with van der Waals surface area (Å²) in [7, 11) is -1.81. The molecule has 1 N–H and O–H groups in total. The quantitative estimate of drug-likeness (QED) is 0.673. The fourth-order valence-electron chi connectivity index (χ4n) is 4.67. The van der Waals surface area contributed by atoms with Crippen molar-refractivity contribution < 1.29 is 17.9 Å². The minimum atomic E-state index is -3.45. The number of nitrogens with one attached hydrogen (secondary N) is 1. The average Bonchev–Trinajstić information content (AvgIpc) is 3.45. The van der Waals surface area contributed by atoms with Gasteiger partial charge in [0.2, 0.25) is 5.91 Å². The van der Waals surface area contributed by atoms with Crippen LogP contribution in [0.25, 0.3) is 0 Å². The first kappa shape index (κ1) is 22.3. The first-order valence-corrected chi connectivity index (χ1v) is 13.2. The Bertz CT molecular complexity index is 1000. The zero-order valence-corrected chi connectivity index (χ0v) is 19.6. The van der Waals surface area contributed by atoms with Crippen LogP contribution in [0.5, 0.6) is 5.75 Å². The van der Waals surface area contributed by atoms with Gasteiger partial charge in [-0.15, -0.1) is 11.3 Å². The van der Waals surface area contributed by atoms with Crippen molar-refractivity contribution >= 4 is 27.3 Å². The topological polar surface area (TPSA) is 75.7 Å². The van der Waals surface area contributed by atoms with E-state index in [1.807, 2.05) is 24.3 Å². The van der Waals surface area contributed by atoms with Gasteiger partial charge in [0, 0.05) is 18.0 Å². The second-order valence-electron chi connectivity index (χ2n) is 8.43. The van der Waals surface area contributed by atoms with Gasteiger partial charge in [-0.05, 0) is 55.5 Å². The normalized spacial score (nSPS) is 19.3. The average molecular weight is 463 g/mol. The number of carbonyl (C=O) groups excluding carboxylic acids is 1. The minimum absolute atomic E-state index is 0.0681. The zero-order chi connectivity index (χ0) is 21.9. The Morgan fingerprint density at radius 2 is 1.71 bits per heavy atom. The van der Waals surface area contributed by atoms with Crippen LogP contribution in [0.4, 0.5) is 0 Å². The van der Waals surface area contributed by atoms with E-state index in [0.29, 0.717) is 17.3 Å². The van der Waals surface area contributed by atoms with Crippen LogP contribution in [0.1, 0.15) is 55.4 Å². The molecule has 4 rings (SSSR count). The predicted molar refractivity (Wildman–Crippen MR) is 122 cm³/mol. The molecule has 2 aromatic rings. The summed E-state index contributed by atoms with van der Waals surface area (Å²) in [6.45, 7) is 1.17. The second-order valence-corrected chi connectivity index (χ2v) is 11.8. The third-order valence-corrected chi connectivity index (χ3v) is 9.81. The summed E-state index contributed by atoms with van der Waals surface area (Å²) in [5.74, 6) is 0.728. The predicted octanol–water partition coefficient (Wildman–Crippen LogP) is 4.06. The standard InChI is InChI=1S/C23H30N2O4S2/c1-29-19-9-7-18(8-10-19)23(13-3-4-14-23)24-21(26)17-20-11-12-22(30-20)31(27,28)25-15-5-2-6-16-25/h7-12H,2-6,13-17H2,1H3,(H,24,26). The first-order chi connectivity index (χ1) is 14.9. The van der Waals surface area contributed by atoms with Gasteiger partial charge in [-0.1, -0.05) is 31.4 Å². The maximum atomic E-state index is 12.9. The van der Waals surface area contributed by atoms with E-state index in [-0.39, 0.29) is 17.9 Å². The van der Waals surface area contributed by atoms with Crippen molar-refractivity contribution in [1.82, 2.24) is 9.62 Å². The van der Waals surface area contributed by atoms with Crippen molar-refractivity contribution in [2.75, 3.05) is 20.2 Å². The molecular weight excluding hydrogens is 432 g/mol. The molecule has 0 atom stereocenters. The summed E-state index contributed by atoms with van der Waals surface area (Å²) in [5, 5.41) is 3.27. The van der Waals surface area contributed by atoms with Crippen LogP contribution in [-0.2, 0) is 26.8 Å². The number of hydrogen-bond donors (Lipinski definition) is 1. The Balaban J connectivity index is 1.45. The molecule has 1 saturated heterocycles. The highest BCUT2D eigenvalue weighted by molar-refractivity contribution is 7.91. The molecule has 8 heteroatoms. The van der Waals surface area contributed by atoms with E-state index < -0.39 is 10.0 Å². The summed E-state index contributed by atoms with van der Waals surface area (Å²) in [5.41, 5.74) is 0.738. The van der Waals surface area contributed by atoms with Gasteiger partial charge in [-0.3, -0.25) is 4.79 Å². The van der Waals surface area contributed by atoms with E-state index in [4.69, 9.17) is 4.74 Å². The number of hydrogen-bond acceptors (Lipinski definition) is 5. The van der Waals surface area contributed by atoms with Crippen molar-refractivity contribution in [1.29, 1.82) is 0 Å². The number of methoxy groups -OCH3 is 1. The number of rotatable bonds is 7. The lowest BCUT2D eigenvalue weighted by Gasteiger charge is -2.31. The van der Waals surface area contributed by atoms with Crippen LogP contribution in [0, 0.1) is 0 Å². The fraction of sp³-hybridized carbons (Fsp3) is 0.522. The number of benzene rings is 1.